The summed E-state index contributed by atoms with van der Waals surface area (Å²) < 4.78 is 0. The molecule has 0 saturated carbocycles. The van der Waals surface area contributed by atoms with Gasteiger partial charge < -0.3 is 4.90 Å². The first-order valence-electron chi connectivity index (χ1n) is 4.15. The van der Waals surface area contributed by atoms with Gasteiger partial charge in [-0.2, -0.15) is 0 Å². The fourth-order valence-electron chi connectivity index (χ4n) is 1.04. The molecule has 0 aliphatic rings. The number of nitrogens with zero attached hydrogens (tertiary/aromatic N) is 1. The van der Waals surface area contributed by atoms with Crippen LogP contribution in [0, 0.1) is 5.41 Å². The van der Waals surface area contributed by atoms with Crippen LogP contribution in [0.15, 0.2) is 11.8 Å². The van der Waals surface area contributed by atoms with E-state index >= 15 is 0 Å². The summed E-state index contributed by atoms with van der Waals surface area (Å²) in [7, 11) is 3.83. The average molecular weight is 169 g/mol. The zero-order valence-corrected chi connectivity index (χ0v) is 8.93. The van der Waals surface area contributed by atoms with Crippen molar-refractivity contribution in [3.63, 3.8) is 0 Å². The molecular formula is C10H19NO. The normalized spacial score (nSPS) is 13.0. The highest BCUT2D eigenvalue weighted by atomic mass is 16.1. The van der Waals surface area contributed by atoms with Crippen molar-refractivity contribution in [3.05, 3.63) is 11.8 Å². The third-order valence-corrected chi connectivity index (χ3v) is 1.49. The van der Waals surface area contributed by atoms with Gasteiger partial charge >= 0.3 is 0 Å². The van der Waals surface area contributed by atoms with Crippen LogP contribution in [0.4, 0.5) is 0 Å². The van der Waals surface area contributed by atoms with E-state index in [0.717, 1.165) is 5.57 Å². The van der Waals surface area contributed by atoms with Gasteiger partial charge in [-0.05, 0) is 6.92 Å². The lowest BCUT2D eigenvalue weighted by molar-refractivity contribution is -0.122. The molecule has 0 saturated heterocycles. The fraction of sp³-hybridized carbons (Fsp3) is 0.700. The lowest BCUT2D eigenvalue weighted by Gasteiger charge is -2.17. The Morgan fingerprint density at radius 2 is 1.67 bits per heavy atom. The quantitative estimate of drug-likeness (QED) is 0.590. The lowest BCUT2D eigenvalue weighted by atomic mass is 9.87. The van der Waals surface area contributed by atoms with Crippen molar-refractivity contribution in [1.82, 2.24) is 4.90 Å². The van der Waals surface area contributed by atoms with Crippen LogP contribution in [0.2, 0.25) is 0 Å². The van der Waals surface area contributed by atoms with E-state index < -0.39 is 0 Å². The Morgan fingerprint density at radius 1 is 1.25 bits per heavy atom. The van der Waals surface area contributed by atoms with E-state index in [9.17, 15) is 4.79 Å². The number of ketones is 1. The maximum absolute atomic E-state index is 11.6. The second kappa shape index (κ2) is 3.74. The van der Waals surface area contributed by atoms with E-state index in [1.165, 1.54) is 0 Å². The van der Waals surface area contributed by atoms with Crippen molar-refractivity contribution in [3.8, 4) is 0 Å². The predicted octanol–water partition coefficient (Wildman–Crippen LogP) is 2.07. The SMILES string of the molecule is C/C(=C\N(C)C)C(=O)C(C)(C)C. The maximum atomic E-state index is 11.6. The predicted molar refractivity (Wildman–Crippen MR) is 51.9 cm³/mol. The molecule has 0 unspecified atom stereocenters. The summed E-state index contributed by atoms with van der Waals surface area (Å²) in [5, 5.41) is 0. The molecule has 0 rings (SSSR count). The first kappa shape index (κ1) is 11.2. The van der Waals surface area contributed by atoms with Gasteiger partial charge in [0, 0.05) is 31.3 Å². The number of carbonyl (C=O) groups excluding carboxylic acids is 1. The Bertz CT molecular complexity index is 196. The zero-order chi connectivity index (χ0) is 9.94. The van der Waals surface area contributed by atoms with E-state index in [1.807, 2.05) is 52.9 Å². The van der Waals surface area contributed by atoms with Crippen LogP contribution in [0.25, 0.3) is 0 Å². The minimum Gasteiger partial charge on any atom is -0.383 e. The van der Waals surface area contributed by atoms with E-state index in [4.69, 9.17) is 0 Å². The molecule has 0 aromatic heterocycles. The number of hydrogen-bond acceptors (Lipinski definition) is 2. The molecule has 12 heavy (non-hydrogen) atoms. The minimum atomic E-state index is -0.267. The van der Waals surface area contributed by atoms with Crippen LogP contribution in [0.3, 0.4) is 0 Å². The molecule has 0 fully saturated rings. The van der Waals surface area contributed by atoms with E-state index in [2.05, 4.69) is 0 Å². The number of Topliss-reactive ketones (excluding diaryl/α,β-unsaturated/α-hetero) is 1. The molecule has 0 bridgehead atoms. The standard InChI is InChI=1S/C10H19NO/c1-8(7-11(5)6)9(12)10(2,3)4/h7H,1-6H3/b8-7+. The number of allylic oxidation sites excluding steroid dienone is 1. The van der Waals surface area contributed by atoms with Crippen LogP contribution in [-0.4, -0.2) is 24.8 Å². The highest BCUT2D eigenvalue weighted by molar-refractivity contribution is 5.98. The second-order valence-corrected chi connectivity index (χ2v) is 4.35. The third kappa shape index (κ3) is 3.56. The number of hydrogen-bond donors (Lipinski definition) is 0. The molecule has 2 nitrogen and oxygen atoms in total. The van der Waals surface area contributed by atoms with Crippen LogP contribution >= 0.6 is 0 Å². The summed E-state index contributed by atoms with van der Waals surface area (Å²) in [5.41, 5.74) is 0.545. The molecule has 0 amide bonds. The van der Waals surface area contributed by atoms with Crippen molar-refractivity contribution < 1.29 is 4.79 Å². The first-order chi connectivity index (χ1) is 5.25. The second-order valence-electron chi connectivity index (χ2n) is 4.35. The number of carbonyl (C=O) groups is 1. The van der Waals surface area contributed by atoms with Gasteiger partial charge in [0.05, 0.1) is 0 Å². The summed E-state index contributed by atoms with van der Waals surface area (Å²) in [6.45, 7) is 7.65. The Hall–Kier alpha value is -0.790. The van der Waals surface area contributed by atoms with Gasteiger partial charge in [0.2, 0.25) is 0 Å². The molecule has 0 aliphatic heterocycles. The Balaban J connectivity index is 4.51. The van der Waals surface area contributed by atoms with Crippen molar-refractivity contribution in [2.24, 2.45) is 5.41 Å². The Kier molecular flexibility index (Phi) is 3.50. The first-order valence-corrected chi connectivity index (χ1v) is 4.15. The largest absolute Gasteiger partial charge is 0.383 e. The van der Waals surface area contributed by atoms with Gasteiger partial charge in [-0.15, -0.1) is 0 Å². The van der Waals surface area contributed by atoms with Crippen molar-refractivity contribution in [1.29, 1.82) is 0 Å². The van der Waals surface area contributed by atoms with Crippen molar-refractivity contribution in [2.45, 2.75) is 27.7 Å². The zero-order valence-electron chi connectivity index (χ0n) is 8.93. The molecule has 70 valence electrons. The highest BCUT2D eigenvalue weighted by Crippen LogP contribution is 2.19. The smallest absolute Gasteiger partial charge is 0.165 e. The number of rotatable bonds is 2. The van der Waals surface area contributed by atoms with Gasteiger partial charge in [-0.3, -0.25) is 4.79 Å². The fourth-order valence-corrected chi connectivity index (χ4v) is 1.04. The maximum Gasteiger partial charge on any atom is 0.165 e. The molecule has 0 aromatic rings. The molecule has 2 heteroatoms. The Labute approximate surface area is 75.3 Å². The molecule has 0 spiro atoms. The van der Waals surface area contributed by atoms with Gasteiger partial charge in [0.25, 0.3) is 0 Å². The molecular weight excluding hydrogens is 150 g/mol. The minimum absolute atomic E-state index is 0.205. The summed E-state index contributed by atoms with van der Waals surface area (Å²) >= 11 is 0. The van der Waals surface area contributed by atoms with Crippen LogP contribution in [-0.2, 0) is 4.79 Å². The summed E-state index contributed by atoms with van der Waals surface area (Å²) in [4.78, 5) is 13.5. The molecule has 0 aliphatic carbocycles. The van der Waals surface area contributed by atoms with Crippen LogP contribution in [0.5, 0.6) is 0 Å². The molecule has 0 atom stereocenters. The van der Waals surface area contributed by atoms with E-state index in [0.29, 0.717) is 0 Å². The average Bonchev–Trinajstić information content (AvgIpc) is 1.82. The molecule has 0 heterocycles. The third-order valence-electron chi connectivity index (χ3n) is 1.49. The van der Waals surface area contributed by atoms with Gasteiger partial charge in [0.1, 0.15) is 0 Å². The topological polar surface area (TPSA) is 20.3 Å². The monoisotopic (exact) mass is 169 g/mol. The summed E-state index contributed by atoms with van der Waals surface area (Å²) in [5.74, 6) is 0.205. The van der Waals surface area contributed by atoms with Gasteiger partial charge in [-0.1, -0.05) is 20.8 Å². The molecule has 0 radical (unpaired) electrons. The molecule has 0 aromatic carbocycles. The summed E-state index contributed by atoms with van der Waals surface area (Å²) in [6.07, 6.45) is 1.85. The lowest BCUT2D eigenvalue weighted by Crippen LogP contribution is -2.22. The van der Waals surface area contributed by atoms with E-state index in [-0.39, 0.29) is 11.2 Å². The van der Waals surface area contributed by atoms with E-state index in [1.54, 1.807) is 0 Å². The highest BCUT2D eigenvalue weighted by Gasteiger charge is 2.22. The van der Waals surface area contributed by atoms with Crippen LogP contribution < -0.4 is 0 Å². The Morgan fingerprint density at radius 3 is 1.92 bits per heavy atom. The van der Waals surface area contributed by atoms with Crippen LogP contribution in [0.1, 0.15) is 27.7 Å². The van der Waals surface area contributed by atoms with Gasteiger partial charge in [-0.25, -0.2) is 0 Å². The van der Waals surface area contributed by atoms with Crippen molar-refractivity contribution >= 4 is 5.78 Å². The molecule has 0 N–H and O–H groups in total. The summed E-state index contributed by atoms with van der Waals surface area (Å²) in [6, 6.07) is 0. The van der Waals surface area contributed by atoms with Gasteiger partial charge in [0.15, 0.2) is 5.78 Å². The van der Waals surface area contributed by atoms with Crippen molar-refractivity contribution in [2.75, 3.05) is 14.1 Å².